The molecular weight excluding hydrogens is 295 g/mol. The van der Waals surface area contributed by atoms with E-state index in [2.05, 4.69) is 36.9 Å². The van der Waals surface area contributed by atoms with Crippen molar-refractivity contribution in [3.63, 3.8) is 0 Å². The molecule has 0 saturated carbocycles. The molecule has 4 rings (SSSR count). The average Bonchev–Trinajstić information content (AvgIpc) is 2.98. The molecule has 0 bridgehead atoms. The van der Waals surface area contributed by atoms with Gasteiger partial charge in [-0.3, -0.25) is 0 Å². The molecule has 0 N–H and O–H groups in total. The predicted molar refractivity (Wildman–Crippen MR) is 98.1 cm³/mol. The van der Waals surface area contributed by atoms with Gasteiger partial charge in [0, 0.05) is 0 Å². The second-order valence-corrected chi connectivity index (χ2v) is 6.03. The fraction of sp³-hybridized carbons (Fsp3) is 0.0435. The summed E-state index contributed by atoms with van der Waals surface area (Å²) >= 11 is 0. The molecule has 0 amide bonds. The van der Waals surface area contributed by atoms with E-state index >= 15 is 0 Å². The molecule has 3 aromatic rings. The second-order valence-electron chi connectivity index (χ2n) is 6.03. The Labute approximate surface area is 141 Å². The molecule has 1 aliphatic carbocycles. The first kappa shape index (κ1) is 14.6. The van der Waals surface area contributed by atoms with E-state index in [0.717, 1.165) is 22.3 Å². The lowest BCUT2D eigenvalue weighted by atomic mass is 9.70. The molecule has 0 heterocycles. The smallest absolute Gasteiger partial charge is 0.123 e. The summed E-state index contributed by atoms with van der Waals surface area (Å²) < 4.78 is 13.9. The third-order valence-corrected chi connectivity index (χ3v) is 4.78. The SMILES string of the molecule is C=CC1(c2ccccc2)C(c2cccc(F)c2)=Cc2ccccc21. The van der Waals surface area contributed by atoms with Crippen molar-refractivity contribution in [2.45, 2.75) is 5.41 Å². The lowest BCUT2D eigenvalue weighted by molar-refractivity contribution is 0.627. The Morgan fingerprint density at radius 3 is 2.33 bits per heavy atom. The number of hydrogen-bond acceptors (Lipinski definition) is 0. The maximum atomic E-state index is 13.9. The summed E-state index contributed by atoms with van der Waals surface area (Å²) in [6.07, 6.45) is 4.13. The van der Waals surface area contributed by atoms with Crippen LogP contribution in [0.3, 0.4) is 0 Å². The van der Waals surface area contributed by atoms with Crippen molar-refractivity contribution in [3.8, 4) is 0 Å². The molecule has 0 spiro atoms. The Morgan fingerprint density at radius 1 is 0.833 bits per heavy atom. The number of allylic oxidation sites excluding steroid dienone is 2. The van der Waals surface area contributed by atoms with Gasteiger partial charge in [0.2, 0.25) is 0 Å². The van der Waals surface area contributed by atoms with E-state index in [1.165, 1.54) is 11.6 Å². The van der Waals surface area contributed by atoms with Crippen LogP contribution in [0, 0.1) is 5.82 Å². The highest BCUT2D eigenvalue weighted by Crippen LogP contribution is 2.51. The number of rotatable bonds is 3. The van der Waals surface area contributed by atoms with Gasteiger partial charge in [-0.25, -0.2) is 4.39 Å². The summed E-state index contributed by atoms with van der Waals surface area (Å²) in [6, 6.07) is 25.4. The standard InChI is InChI=1S/C23H17F/c1-2-23(19-11-4-3-5-12-19)21-14-7-6-9-18(21)16-22(23)17-10-8-13-20(24)15-17/h2-16H,1H2. The van der Waals surface area contributed by atoms with Gasteiger partial charge in [-0.2, -0.15) is 0 Å². The number of hydrogen-bond donors (Lipinski definition) is 0. The molecule has 116 valence electrons. The molecule has 24 heavy (non-hydrogen) atoms. The van der Waals surface area contributed by atoms with Crippen LogP contribution in [0.1, 0.15) is 22.3 Å². The average molecular weight is 312 g/mol. The van der Waals surface area contributed by atoms with Crippen LogP contribution in [0.5, 0.6) is 0 Å². The van der Waals surface area contributed by atoms with Crippen LogP contribution < -0.4 is 0 Å². The summed E-state index contributed by atoms with van der Waals surface area (Å²) in [5, 5.41) is 0. The van der Waals surface area contributed by atoms with Crippen molar-refractivity contribution in [1.82, 2.24) is 0 Å². The number of fused-ring (bicyclic) bond motifs is 1. The molecule has 1 aliphatic rings. The first-order chi connectivity index (χ1) is 11.8. The highest BCUT2D eigenvalue weighted by molar-refractivity contribution is 5.98. The molecule has 0 radical (unpaired) electrons. The molecule has 3 aromatic carbocycles. The van der Waals surface area contributed by atoms with Gasteiger partial charge in [0.15, 0.2) is 0 Å². The molecule has 1 atom stereocenters. The summed E-state index contributed by atoms with van der Waals surface area (Å²) in [7, 11) is 0. The maximum absolute atomic E-state index is 13.9. The van der Waals surface area contributed by atoms with E-state index in [1.807, 2.05) is 42.5 Å². The third kappa shape index (κ3) is 2.05. The Hall–Kier alpha value is -2.93. The molecular formula is C23H17F. The zero-order chi connectivity index (χ0) is 16.6. The van der Waals surface area contributed by atoms with Crippen molar-refractivity contribution in [2.75, 3.05) is 0 Å². The van der Waals surface area contributed by atoms with E-state index < -0.39 is 5.41 Å². The fourth-order valence-corrected chi connectivity index (χ4v) is 3.71. The monoisotopic (exact) mass is 312 g/mol. The van der Waals surface area contributed by atoms with Crippen LogP contribution in [0.2, 0.25) is 0 Å². The van der Waals surface area contributed by atoms with Crippen molar-refractivity contribution in [3.05, 3.63) is 120 Å². The zero-order valence-corrected chi connectivity index (χ0v) is 13.2. The minimum atomic E-state index is -0.467. The minimum Gasteiger partial charge on any atom is -0.207 e. The number of benzene rings is 3. The minimum absolute atomic E-state index is 0.226. The molecule has 0 saturated heterocycles. The largest absolute Gasteiger partial charge is 0.207 e. The molecule has 1 unspecified atom stereocenters. The van der Waals surface area contributed by atoms with E-state index in [4.69, 9.17) is 0 Å². The Bertz CT molecular complexity index is 937. The Kier molecular flexibility index (Phi) is 3.42. The molecule has 0 fully saturated rings. The van der Waals surface area contributed by atoms with Gasteiger partial charge < -0.3 is 0 Å². The van der Waals surface area contributed by atoms with Crippen molar-refractivity contribution in [1.29, 1.82) is 0 Å². The quantitative estimate of drug-likeness (QED) is 0.532. The van der Waals surface area contributed by atoms with E-state index in [-0.39, 0.29) is 5.82 Å². The van der Waals surface area contributed by atoms with Gasteiger partial charge in [0.1, 0.15) is 5.82 Å². The van der Waals surface area contributed by atoms with Crippen LogP contribution in [0.15, 0.2) is 91.5 Å². The topological polar surface area (TPSA) is 0 Å². The van der Waals surface area contributed by atoms with Crippen LogP contribution >= 0.6 is 0 Å². The molecule has 1 heteroatoms. The number of halogens is 1. The highest BCUT2D eigenvalue weighted by Gasteiger charge is 2.41. The zero-order valence-electron chi connectivity index (χ0n) is 13.2. The first-order valence-corrected chi connectivity index (χ1v) is 8.02. The second kappa shape index (κ2) is 5.61. The van der Waals surface area contributed by atoms with Crippen LogP contribution in [0.4, 0.5) is 4.39 Å². The van der Waals surface area contributed by atoms with Gasteiger partial charge in [0.25, 0.3) is 0 Å². The van der Waals surface area contributed by atoms with Gasteiger partial charge in [-0.05, 0) is 46.0 Å². The predicted octanol–water partition coefficient (Wildman–Crippen LogP) is 5.85. The Balaban J connectivity index is 2.04. The molecule has 0 aliphatic heterocycles. The van der Waals surface area contributed by atoms with Crippen LogP contribution in [0.25, 0.3) is 11.6 Å². The first-order valence-electron chi connectivity index (χ1n) is 8.02. The summed E-state index contributed by atoms with van der Waals surface area (Å²) in [5.41, 5.74) is 4.96. The van der Waals surface area contributed by atoms with Gasteiger partial charge in [-0.15, -0.1) is 6.58 Å². The fourth-order valence-electron chi connectivity index (χ4n) is 3.71. The summed E-state index contributed by atoms with van der Waals surface area (Å²) in [4.78, 5) is 0. The summed E-state index contributed by atoms with van der Waals surface area (Å²) in [5.74, 6) is -0.226. The van der Waals surface area contributed by atoms with E-state index in [1.54, 1.807) is 12.1 Å². The van der Waals surface area contributed by atoms with Crippen molar-refractivity contribution in [2.24, 2.45) is 0 Å². The lowest BCUT2D eigenvalue weighted by Gasteiger charge is -2.32. The van der Waals surface area contributed by atoms with E-state index in [0.29, 0.717) is 0 Å². The van der Waals surface area contributed by atoms with Crippen molar-refractivity contribution < 1.29 is 4.39 Å². The lowest BCUT2D eigenvalue weighted by Crippen LogP contribution is -2.24. The van der Waals surface area contributed by atoms with Crippen molar-refractivity contribution >= 4 is 11.6 Å². The highest BCUT2D eigenvalue weighted by atomic mass is 19.1. The Morgan fingerprint density at radius 2 is 1.58 bits per heavy atom. The van der Waals surface area contributed by atoms with E-state index in [9.17, 15) is 4.39 Å². The third-order valence-electron chi connectivity index (χ3n) is 4.78. The summed E-state index contributed by atoms with van der Waals surface area (Å²) in [6.45, 7) is 4.15. The van der Waals surface area contributed by atoms with Gasteiger partial charge in [-0.1, -0.05) is 72.8 Å². The normalized spacial score (nSPS) is 18.8. The molecule has 0 nitrogen and oxygen atoms in total. The molecule has 0 aromatic heterocycles. The van der Waals surface area contributed by atoms with Crippen LogP contribution in [-0.4, -0.2) is 0 Å². The van der Waals surface area contributed by atoms with Gasteiger partial charge in [0.05, 0.1) is 5.41 Å². The van der Waals surface area contributed by atoms with Gasteiger partial charge >= 0.3 is 0 Å². The maximum Gasteiger partial charge on any atom is 0.123 e. The van der Waals surface area contributed by atoms with Crippen LogP contribution in [-0.2, 0) is 5.41 Å².